The van der Waals surface area contributed by atoms with Gasteiger partial charge in [0.05, 0.1) is 4.90 Å². The molecular formula is C15H24ClNO2S. The second-order valence-corrected chi connectivity index (χ2v) is 7.51. The number of aryl methyl sites for hydroxylation is 1. The van der Waals surface area contributed by atoms with E-state index in [0.29, 0.717) is 17.3 Å². The largest absolute Gasteiger partial charge is 0.243 e. The second-order valence-electron chi connectivity index (χ2n) is 5.38. The van der Waals surface area contributed by atoms with Crippen molar-refractivity contribution in [1.82, 2.24) is 4.31 Å². The predicted molar refractivity (Wildman–Crippen MR) is 84.8 cm³/mol. The first kappa shape index (κ1) is 17.5. The number of nitrogens with zero attached hydrogens (tertiary/aromatic N) is 1. The lowest BCUT2D eigenvalue weighted by molar-refractivity contribution is 0.354. The molecule has 0 saturated heterocycles. The van der Waals surface area contributed by atoms with Crippen LogP contribution in [0.15, 0.2) is 17.0 Å². The average molecular weight is 318 g/mol. The fourth-order valence-corrected chi connectivity index (χ4v) is 4.48. The maximum Gasteiger partial charge on any atom is 0.243 e. The molecule has 0 spiro atoms. The molecule has 0 bridgehead atoms. The number of hydrogen-bond donors (Lipinski definition) is 0. The van der Waals surface area contributed by atoms with Crippen molar-refractivity contribution in [3.05, 3.63) is 28.8 Å². The van der Waals surface area contributed by atoms with Crippen LogP contribution in [-0.4, -0.2) is 25.3 Å². The Morgan fingerprint density at radius 3 is 2.30 bits per heavy atom. The summed E-state index contributed by atoms with van der Waals surface area (Å²) in [6.07, 6.45) is 0.796. The van der Waals surface area contributed by atoms with Crippen molar-refractivity contribution in [2.75, 3.05) is 6.54 Å². The first-order chi connectivity index (χ1) is 9.25. The van der Waals surface area contributed by atoms with Crippen molar-refractivity contribution < 1.29 is 8.42 Å². The maximum absolute atomic E-state index is 12.9. The molecule has 0 aliphatic rings. The molecule has 1 rings (SSSR count). The lowest BCUT2D eigenvalue weighted by atomic mass is 10.1. The Bertz CT molecular complexity index is 567. The van der Waals surface area contributed by atoms with Crippen LogP contribution in [0.25, 0.3) is 0 Å². The molecule has 0 N–H and O–H groups in total. The molecule has 1 aromatic carbocycles. The smallest absolute Gasteiger partial charge is 0.207 e. The normalized spacial score (nSPS) is 12.4. The van der Waals surface area contributed by atoms with Gasteiger partial charge in [-0.05, 0) is 56.9 Å². The third kappa shape index (κ3) is 3.54. The Morgan fingerprint density at radius 1 is 1.25 bits per heavy atom. The Kier molecular flexibility index (Phi) is 6.05. The van der Waals surface area contributed by atoms with Crippen molar-refractivity contribution in [2.45, 2.75) is 57.9 Å². The van der Waals surface area contributed by atoms with E-state index < -0.39 is 10.0 Å². The Hall–Kier alpha value is -0.580. The van der Waals surface area contributed by atoms with E-state index in [4.69, 9.17) is 11.6 Å². The lowest BCUT2D eigenvalue weighted by Gasteiger charge is -2.26. The molecule has 3 nitrogen and oxygen atoms in total. The molecule has 0 fully saturated rings. The molecule has 0 amide bonds. The standard InChI is InChI=1S/C15H24ClNO2S/c1-6-7-17(11(2)3)20(18,19)15-9-14(10-16)8-12(4)13(15)5/h8-9,11H,6-7,10H2,1-5H3. The van der Waals surface area contributed by atoms with Gasteiger partial charge in [-0.3, -0.25) is 0 Å². The Balaban J connectivity index is 3.44. The summed E-state index contributed by atoms with van der Waals surface area (Å²) in [5.74, 6) is 0.319. The zero-order chi connectivity index (χ0) is 15.5. The Morgan fingerprint density at radius 2 is 1.85 bits per heavy atom. The van der Waals surface area contributed by atoms with Crippen LogP contribution in [0, 0.1) is 13.8 Å². The van der Waals surface area contributed by atoms with Crippen molar-refractivity contribution in [3.8, 4) is 0 Å². The number of hydrogen-bond acceptors (Lipinski definition) is 2. The second kappa shape index (κ2) is 6.92. The number of sulfonamides is 1. The fourth-order valence-electron chi connectivity index (χ4n) is 2.25. The molecule has 5 heteroatoms. The first-order valence-electron chi connectivity index (χ1n) is 6.93. The average Bonchev–Trinajstić information content (AvgIpc) is 2.37. The highest BCUT2D eigenvalue weighted by Crippen LogP contribution is 2.26. The van der Waals surface area contributed by atoms with Crippen molar-refractivity contribution in [3.63, 3.8) is 0 Å². The minimum atomic E-state index is -3.47. The summed E-state index contributed by atoms with van der Waals surface area (Å²) in [4.78, 5) is 0.385. The molecule has 0 aliphatic carbocycles. The van der Waals surface area contributed by atoms with Crippen LogP contribution in [0.4, 0.5) is 0 Å². The van der Waals surface area contributed by atoms with Gasteiger partial charge in [0.2, 0.25) is 10.0 Å². The van der Waals surface area contributed by atoms with E-state index in [1.807, 2.05) is 40.7 Å². The van der Waals surface area contributed by atoms with Gasteiger partial charge in [0, 0.05) is 18.5 Å². The summed E-state index contributed by atoms with van der Waals surface area (Å²) < 4.78 is 27.3. The lowest BCUT2D eigenvalue weighted by Crippen LogP contribution is -2.37. The van der Waals surface area contributed by atoms with Crippen LogP contribution in [0.5, 0.6) is 0 Å². The monoisotopic (exact) mass is 317 g/mol. The van der Waals surface area contributed by atoms with Gasteiger partial charge in [0.25, 0.3) is 0 Å². The zero-order valence-electron chi connectivity index (χ0n) is 12.9. The molecule has 0 unspecified atom stereocenters. The van der Waals surface area contributed by atoms with Crippen molar-refractivity contribution in [2.24, 2.45) is 0 Å². The zero-order valence-corrected chi connectivity index (χ0v) is 14.5. The quantitative estimate of drug-likeness (QED) is 0.747. The van der Waals surface area contributed by atoms with Gasteiger partial charge in [-0.25, -0.2) is 8.42 Å². The van der Waals surface area contributed by atoms with Crippen LogP contribution < -0.4 is 0 Å². The fraction of sp³-hybridized carbons (Fsp3) is 0.600. The van der Waals surface area contributed by atoms with E-state index in [-0.39, 0.29) is 6.04 Å². The minimum absolute atomic E-state index is 0.0562. The summed E-state index contributed by atoms with van der Waals surface area (Å²) in [6.45, 7) is 10.1. The molecule has 20 heavy (non-hydrogen) atoms. The molecule has 0 heterocycles. The van der Waals surface area contributed by atoms with Crippen LogP contribution >= 0.6 is 11.6 Å². The summed E-state index contributed by atoms with van der Waals surface area (Å²) >= 11 is 5.87. The van der Waals surface area contributed by atoms with Crippen LogP contribution in [0.2, 0.25) is 0 Å². The maximum atomic E-state index is 12.9. The van der Waals surface area contributed by atoms with Gasteiger partial charge in [0.1, 0.15) is 0 Å². The molecule has 0 saturated carbocycles. The SMILES string of the molecule is CCCN(C(C)C)S(=O)(=O)c1cc(CCl)cc(C)c1C. The topological polar surface area (TPSA) is 37.4 Å². The van der Waals surface area contributed by atoms with Crippen molar-refractivity contribution in [1.29, 1.82) is 0 Å². The van der Waals surface area contributed by atoms with Gasteiger partial charge < -0.3 is 0 Å². The predicted octanol–water partition coefficient (Wildman–Crippen LogP) is 3.85. The third-order valence-corrected chi connectivity index (χ3v) is 5.95. The Labute approximate surface area is 128 Å². The van der Waals surface area contributed by atoms with Gasteiger partial charge in [-0.2, -0.15) is 4.31 Å². The summed E-state index contributed by atoms with van der Waals surface area (Å²) in [7, 11) is -3.47. The summed E-state index contributed by atoms with van der Waals surface area (Å²) in [5, 5.41) is 0. The number of alkyl halides is 1. The minimum Gasteiger partial charge on any atom is -0.207 e. The van der Waals surface area contributed by atoms with E-state index in [1.54, 1.807) is 10.4 Å². The molecule has 1 aromatic rings. The van der Waals surface area contributed by atoms with Gasteiger partial charge in [-0.1, -0.05) is 13.0 Å². The molecule has 114 valence electrons. The van der Waals surface area contributed by atoms with E-state index >= 15 is 0 Å². The van der Waals surface area contributed by atoms with Crippen LogP contribution in [0.1, 0.15) is 43.9 Å². The highest BCUT2D eigenvalue weighted by molar-refractivity contribution is 7.89. The number of halogens is 1. The van der Waals surface area contributed by atoms with E-state index in [1.165, 1.54) is 0 Å². The molecular weight excluding hydrogens is 294 g/mol. The van der Waals surface area contributed by atoms with E-state index in [0.717, 1.165) is 23.1 Å². The highest BCUT2D eigenvalue weighted by atomic mass is 35.5. The van der Waals surface area contributed by atoms with Gasteiger partial charge in [0.15, 0.2) is 0 Å². The van der Waals surface area contributed by atoms with Crippen molar-refractivity contribution >= 4 is 21.6 Å². The third-order valence-electron chi connectivity index (χ3n) is 3.44. The van der Waals surface area contributed by atoms with Gasteiger partial charge in [-0.15, -0.1) is 11.6 Å². The van der Waals surface area contributed by atoms with E-state index in [2.05, 4.69) is 0 Å². The van der Waals surface area contributed by atoms with Crippen LogP contribution in [0.3, 0.4) is 0 Å². The molecule has 0 radical (unpaired) electrons. The molecule has 0 atom stereocenters. The summed E-state index contributed by atoms with van der Waals surface area (Å²) in [5.41, 5.74) is 2.61. The number of benzene rings is 1. The summed E-state index contributed by atoms with van der Waals surface area (Å²) in [6, 6.07) is 3.59. The highest BCUT2D eigenvalue weighted by Gasteiger charge is 2.28. The van der Waals surface area contributed by atoms with E-state index in [9.17, 15) is 8.42 Å². The first-order valence-corrected chi connectivity index (χ1v) is 8.91. The molecule has 0 aromatic heterocycles. The van der Waals surface area contributed by atoms with Gasteiger partial charge >= 0.3 is 0 Å². The van der Waals surface area contributed by atoms with Crippen LogP contribution in [-0.2, 0) is 15.9 Å². The number of rotatable bonds is 6. The molecule has 0 aliphatic heterocycles.